The van der Waals surface area contributed by atoms with E-state index in [1.165, 1.54) is 11.0 Å². The third-order valence-electron chi connectivity index (χ3n) is 6.78. The van der Waals surface area contributed by atoms with E-state index in [1.54, 1.807) is 42.5 Å². The molecule has 0 spiro atoms. The predicted octanol–water partition coefficient (Wildman–Crippen LogP) is 4.87. The SMILES string of the molecule is CC1(C)[C@H]2CC[C@]1(C)C(=O)N(c1cccc(C(=O)Oc3ccc(Cl)cc3)c1)C2=O. The molecule has 1 aliphatic carbocycles. The van der Waals surface area contributed by atoms with Crippen molar-refractivity contribution in [1.82, 2.24) is 0 Å². The molecule has 2 bridgehead atoms. The number of hydrogen-bond acceptors (Lipinski definition) is 4. The van der Waals surface area contributed by atoms with Gasteiger partial charge in [0.05, 0.1) is 16.7 Å². The number of nitrogens with zero attached hydrogens (tertiary/aromatic N) is 1. The van der Waals surface area contributed by atoms with Crippen molar-refractivity contribution in [3.63, 3.8) is 0 Å². The minimum Gasteiger partial charge on any atom is -0.423 e. The standard InChI is InChI=1S/C23H22ClNO4/c1-22(2)18-11-12-23(22,3)21(28)25(19(18)26)16-6-4-5-14(13-16)20(27)29-17-9-7-15(24)8-10-17/h4-10,13,18H,11-12H2,1-3H3/t18-,23+/m0/s1. The van der Waals surface area contributed by atoms with Crippen molar-refractivity contribution in [2.75, 3.05) is 4.90 Å². The van der Waals surface area contributed by atoms with Gasteiger partial charge in [-0.05, 0) is 60.7 Å². The molecule has 1 saturated heterocycles. The number of amides is 2. The molecule has 6 heteroatoms. The number of hydrogen-bond donors (Lipinski definition) is 0. The van der Waals surface area contributed by atoms with Gasteiger partial charge in [0.15, 0.2) is 0 Å². The second-order valence-electron chi connectivity index (χ2n) is 8.52. The van der Waals surface area contributed by atoms with Crippen molar-refractivity contribution >= 4 is 35.1 Å². The summed E-state index contributed by atoms with van der Waals surface area (Å²) in [6.45, 7) is 5.93. The average molecular weight is 412 g/mol. The number of imide groups is 1. The summed E-state index contributed by atoms with van der Waals surface area (Å²) in [6, 6.07) is 12.9. The van der Waals surface area contributed by atoms with Crippen molar-refractivity contribution in [3.8, 4) is 5.75 Å². The smallest absolute Gasteiger partial charge is 0.343 e. The lowest BCUT2D eigenvalue weighted by atomic mass is 9.62. The Morgan fingerprint density at radius 1 is 1.10 bits per heavy atom. The summed E-state index contributed by atoms with van der Waals surface area (Å²) < 4.78 is 5.37. The molecule has 2 amide bonds. The van der Waals surface area contributed by atoms with Gasteiger partial charge in [0.1, 0.15) is 5.75 Å². The van der Waals surface area contributed by atoms with Crippen LogP contribution in [0.1, 0.15) is 44.0 Å². The normalized spacial score (nSPS) is 25.2. The molecule has 0 aromatic heterocycles. The summed E-state index contributed by atoms with van der Waals surface area (Å²) in [5, 5.41) is 0.542. The number of fused-ring (bicyclic) bond motifs is 2. The highest BCUT2D eigenvalue weighted by molar-refractivity contribution is 6.30. The molecule has 2 aromatic carbocycles. The number of anilines is 1. The number of piperidine rings is 1. The quantitative estimate of drug-likeness (QED) is 0.410. The van der Waals surface area contributed by atoms with E-state index in [0.717, 1.165) is 0 Å². The van der Waals surface area contributed by atoms with Crippen LogP contribution in [-0.4, -0.2) is 17.8 Å². The Labute approximate surface area is 174 Å². The minimum atomic E-state index is -0.606. The van der Waals surface area contributed by atoms with Crippen LogP contribution in [0, 0.1) is 16.7 Å². The van der Waals surface area contributed by atoms with Gasteiger partial charge in [0, 0.05) is 10.9 Å². The van der Waals surface area contributed by atoms with Crippen molar-refractivity contribution in [2.45, 2.75) is 33.6 Å². The topological polar surface area (TPSA) is 63.7 Å². The zero-order valence-corrected chi connectivity index (χ0v) is 17.3. The molecular weight excluding hydrogens is 390 g/mol. The molecule has 1 saturated carbocycles. The fraction of sp³-hybridized carbons (Fsp3) is 0.348. The second kappa shape index (κ2) is 6.70. The van der Waals surface area contributed by atoms with Crippen molar-refractivity contribution in [2.24, 2.45) is 16.7 Å². The van der Waals surface area contributed by atoms with Gasteiger partial charge in [-0.3, -0.25) is 9.59 Å². The van der Waals surface area contributed by atoms with Crippen LogP contribution in [-0.2, 0) is 9.59 Å². The molecule has 2 fully saturated rings. The van der Waals surface area contributed by atoms with Gasteiger partial charge < -0.3 is 4.74 Å². The molecule has 0 unspecified atom stereocenters. The summed E-state index contributed by atoms with van der Waals surface area (Å²) >= 11 is 5.85. The van der Waals surface area contributed by atoms with Crippen molar-refractivity contribution in [1.29, 1.82) is 0 Å². The number of carbonyl (C=O) groups excluding carboxylic acids is 3. The number of halogens is 1. The second-order valence-corrected chi connectivity index (χ2v) is 8.95. The molecule has 2 atom stereocenters. The Morgan fingerprint density at radius 2 is 1.79 bits per heavy atom. The van der Waals surface area contributed by atoms with Gasteiger partial charge >= 0.3 is 5.97 Å². The fourth-order valence-corrected chi connectivity index (χ4v) is 4.63. The first kappa shape index (κ1) is 19.6. The average Bonchev–Trinajstić information content (AvgIpc) is 2.87. The largest absolute Gasteiger partial charge is 0.423 e. The monoisotopic (exact) mass is 411 g/mol. The number of carbonyl (C=O) groups is 3. The Kier molecular flexibility index (Phi) is 4.54. The van der Waals surface area contributed by atoms with E-state index in [-0.39, 0.29) is 28.7 Å². The van der Waals surface area contributed by atoms with Crippen LogP contribution >= 0.6 is 11.6 Å². The van der Waals surface area contributed by atoms with E-state index < -0.39 is 11.4 Å². The lowest BCUT2D eigenvalue weighted by Gasteiger charge is -2.47. The Bertz CT molecular complexity index is 1010. The molecule has 4 rings (SSSR count). The van der Waals surface area contributed by atoms with Gasteiger partial charge in [0.25, 0.3) is 0 Å². The van der Waals surface area contributed by atoms with E-state index in [0.29, 0.717) is 29.3 Å². The predicted molar refractivity (Wildman–Crippen MR) is 110 cm³/mol. The van der Waals surface area contributed by atoms with E-state index in [4.69, 9.17) is 16.3 Å². The van der Waals surface area contributed by atoms with Crippen LogP contribution in [0.25, 0.3) is 0 Å². The van der Waals surface area contributed by atoms with Gasteiger partial charge in [-0.25, -0.2) is 9.69 Å². The van der Waals surface area contributed by atoms with Crippen molar-refractivity contribution in [3.05, 3.63) is 59.1 Å². The highest BCUT2D eigenvalue weighted by Crippen LogP contribution is 2.60. The zero-order chi connectivity index (χ0) is 21.0. The number of ether oxygens (including phenoxy) is 1. The van der Waals surface area contributed by atoms with E-state index >= 15 is 0 Å². The van der Waals surface area contributed by atoms with E-state index in [1.807, 2.05) is 20.8 Å². The minimum absolute atomic E-state index is 0.196. The van der Waals surface area contributed by atoms with Crippen molar-refractivity contribution < 1.29 is 19.1 Å². The molecule has 5 nitrogen and oxygen atoms in total. The number of esters is 1. The number of benzene rings is 2. The number of rotatable bonds is 3. The Hall–Kier alpha value is -2.66. The first-order chi connectivity index (χ1) is 13.6. The maximum absolute atomic E-state index is 13.3. The highest BCUT2D eigenvalue weighted by Gasteiger charge is 2.64. The van der Waals surface area contributed by atoms with Crippen LogP contribution in [0.2, 0.25) is 5.02 Å². The van der Waals surface area contributed by atoms with Crippen LogP contribution in [0.5, 0.6) is 5.75 Å². The van der Waals surface area contributed by atoms with Crippen LogP contribution in [0.15, 0.2) is 48.5 Å². The molecule has 29 heavy (non-hydrogen) atoms. The molecule has 0 radical (unpaired) electrons. The maximum Gasteiger partial charge on any atom is 0.343 e. The van der Waals surface area contributed by atoms with Crippen LogP contribution in [0.3, 0.4) is 0 Å². The fourth-order valence-electron chi connectivity index (χ4n) is 4.50. The summed E-state index contributed by atoms with van der Waals surface area (Å²) in [5.41, 5.74) is -0.326. The molecule has 2 aliphatic rings. The third-order valence-corrected chi connectivity index (χ3v) is 7.04. The summed E-state index contributed by atoms with van der Waals surface area (Å²) in [5.74, 6) is -0.819. The molecule has 1 aliphatic heterocycles. The van der Waals surface area contributed by atoms with Crippen LogP contribution in [0.4, 0.5) is 5.69 Å². The zero-order valence-electron chi connectivity index (χ0n) is 16.6. The van der Waals surface area contributed by atoms with Gasteiger partial charge in [0.2, 0.25) is 11.8 Å². The van der Waals surface area contributed by atoms with E-state index in [2.05, 4.69) is 0 Å². The molecule has 150 valence electrons. The van der Waals surface area contributed by atoms with Gasteiger partial charge in [-0.15, -0.1) is 0 Å². The van der Waals surface area contributed by atoms with Crippen LogP contribution < -0.4 is 9.64 Å². The summed E-state index contributed by atoms with van der Waals surface area (Å²) in [7, 11) is 0. The summed E-state index contributed by atoms with van der Waals surface area (Å²) in [6.07, 6.45) is 1.38. The maximum atomic E-state index is 13.3. The first-order valence-corrected chi connectivity index (χ1v) is 9.99. The lowest BCUT2D eigenvalue weighted by molar-refractivity contribution is -0.146. The Morgan fingerprint density at radius 3 is 2.48 bits per heavy atom. The van der Waals surface area contributed by atoms with Gasteiger partial charge in [-0.2, -0.15) is 0 Å². The molecule has 2 aromatic rings. The van der Waals surface area contributed by atoms with Gasteiger partial charge in [-0.1, -0.05) is 38.4 Å². The van der Waals surface area contributed by atoms with E-state index in [9.17, 15) is 14.4 Å². The Balaban J connectivity index is 1.64. The summed E-state index contributed by atoms with van der Waals surface area (Å²) in [4.78, 5) is 40.3. The third kappa shape index (κ3) is 2.96. The molecule has 1 heterocycles. The highest BCUT2D eigenvalue weighted by atomic mass is 35.5. The molecular formula is C23H22ClNO4. The lowest BCUT2D eigenvalue weighted by Crippen LogP contribution is -2.59. The molecule has 0 N–H and O–H groups in total. The first-order valence-electron chi connectivity index (χ1n) is 9.61.